The number of carbonyl (C=O) groups is 1. The molecule has 0 atom stereocenters. The molecule has 1 aromatic heterocycles. The third-order valence-electron chi connectivity index (χ3n) is 2.53. The Bertz CT molecular complexity index is 327. The van der Waals surface area contributed by atoms with Crippen molar-refractivity contribution in [1.29, 1.82) is 0 Å². The smallest absolute Gasteiger partial charge is 0.330 e. The topological polar surface area (TPSA) is 55.0 Å². The zero-order chi connectivity index (χ0) is 11.8. The Morgan fingerprint density at radius 3 is 2.88 bits per heavy atom. The van der Waals surface area contributed by atoms with Gasteiger partial charge in [0.2, 0.25) is 0 Å². The van der Waals surface area contributed by atoms with Crippen LogP contribution in [0.25, 0.3) is 6.08 Å². The SMILES string of the molecule is CCC(CC)COC(=O)C=Cc1cnc[nH]1. The average Bonchev–Trinajstić information content (AvgIpc) is 2.80. The van der Waals surface area contributed by atoms with Gasteiger partial charge in [-0.15, -0.1) is 0 Å². The van der Waals surface area contributed by atoms with Crippen molar-refractivity contribution in [1.82, 2.24) is 9.97 Å². The molecule has 1 heterocycles. The second-order valence-corrected chi connectivity index (χ2v) is 3.65. The van der Waals surface area contributed by atoms with Crippen LogP contribution in [-0.4, -0.2) is 22.5 Å². The largest absolute Gasteiger partial charge is 0.462 e. The van der Waals surface area contributed by atoms with E-state index in [0.717, 1.165) is 18.5 Å². The molecule has 1 rings (SSSR count). The number of H-pyrrole nitrogens is 1. The maximum Gasteiger partial charge on any atom is 0.330 e. The van der Waals surface area contributed by atoms with Crippen LogP contribution < -0.4 is 0 Å². The highest BCUT2D eigenvalue weighted by Gasteiger charge is 2.05. The van der Waals surface area contributed by atoms with E-state index in [4.69, 9.17) is 4.74 Å². The van der Waals surface area contributed by atoms with Gasteiger partial charge in [-0.1, -0.05) is 26.7 Å². The Balaban J connectivity index is 2.31. The van der Waals surface area contributed by atoms with Crippen molar-refractivity contribution < 1.29 is 9.53 Å². The number of hydrogen-bond acceptors (Lipinski definition) is 3. The summed E-state index contributed by atoms with van der Waals surface area (Å²) in [6.07, 6.45) is 8.35. The maximum atomic E-state index is 11.3. The molecule has 1 N–H and O–H groups in total. The number of ether oxygens (including phenoxy) is 1. The Kier molecular flexibility index (Phi) is 5.32. The monoisotopic (exact) mass is 222 g/mol. The quantitative estimate of drug-likeness (QED) is 0.594. The van der Waals surface area contributed by atoms with Gasteiger partial charge in [0, 0.05) is 6.08 Å². The van der Waals surface area contributed by atoms with Gasteiger partial charge in [0.25, 0.3) is 0 Å². The van der Waals surface area contributed by atoms with Crippen molar-refractivity contribution >= 4 is 12.0 Å². The van der Waals surface area contributed by atoms with Crippen molar-refractivity contribution in [2.45, 2.75) is 26.7 Å². The van der Waals surface area contributed by atoms with Crippen LogP contribution in [0.2, 0.25) is 0 Å². The fourth-order valence-electron chi connectivity index (χ4n) is 1.29. The molecule has 0 bridgehead atoms. The molecule has 0 radical (unpaired) electrons. The molecule has 0 aliphatic rings. The third-order valence-corrected chi connectivity index (χ3v) is 2.53. The van der Waals surface area contributed by atoms with Crippen LogP contribution in [0.15, 0.2) is 18.6 Å². The summed E-state index contributed by atoms with van der Waals surface area (Å²) >= 11 is 0. The molecule has 0 aliphatic carbocycles. The summed E-state index contributed by atoms with van der Waals surface area (Å²) in [7, 11) is 0. The first-order valence-corrected chi connectivity index (χ1v) is 5.59. The summed E-state index contributed by atoms with van der Waals surface area (Å²) in [6.45, 7) is 4.70. The number of esters is 1. The van der Waals surface area contributed by atoms with Crippen LogP contribution in [0.4, 0.5) is 0 Å². The van der Waals surface area contributed by atoms with Gasteiger partial charge in [0.05, 0.1) is 24.8 Å². The lowest BCUT2D eigenvalue weighted by atomic mass is 10.1. The lowest BCUT2D eigenvalue weighted by Crippen LogP contribution is -2.11. The molecule has 4 heteroatoms. The highest BCUT2D eigenvalue weighted by molar-refractivity contribution is 5.86. The van der Waals surface area contributed by atoms with Crippen molar-refractivity contribution in [3.8, 4) is 0 Å². The van der Waals surface area contributed by atoms with Crippen LogP contribution in [0.5, 0.6) is 0 Å². The van der Waals surface area contributed by atoms with Crippen molar-refractivity contribution in [3.63, 3.8) is 0 Å². The number of hydrogen-bond donors (Lipinski definition) is 1. The number of carbonyl (C=O) groups excluding carboxylic acids is 1. The minimum Gasteiger partial charge on any atom is -0.462 e. The van der Waals surface area contributed by atoms with Gasteiger partial charge in [0.15, 0.2) is 0 Å². The summed E-state index contributed by atoms with van der Waals surface area (Å²) in [5, 5.41) is 0. The molecule has 0 amide bonds. The standard InChI is InChI=1S/C12H18N2O2/c1-3-10(4-2)8-16-12(15)6-5-11-7-13-9-14-11/h5-7,9-10H,3-4,8H2,1-2H3,(H,13,14). The molecule has 4 nitrogen and oxygen atoms in total. The minimum absolute atomic E-state index is 0.304. The molecule has 0 aromatic carbocycles. The molecule has 0 aliphatic heterocycles. The van der Waals surface area contributed by atoms with Crippen molar-refractivity contribution in [3.05, 3.63) is 24.3 Å². The number of nitrogens with one attached hydrogen (secondary N) is 1. The van der Waals surface area contributed by atoms with Gasteiger partial charge >= 0.3 is 5.97 Å². The summed E-state index contributed by atoms with van der Waals surface area (Å²) in [6, 6.07) is 0. The summed E-state index contributed by atoms with van der Waals surface area (Å²) in [5.74, 6) is 0.158. The van der Waals surface area contributed by atoms with Gasteiger partial charge in [-0.05, 0) is 12.0 Å². The lowest BCUT2D eigenvalue weighted by molar-refractivity contribution is -0.139. The van der Waals surface area contributed by atoms with E-state index < -0.39 is 0 Å². The van der Waals surface area contributed by atoms with E-state index in [1.54, 1.807) is 18.6 Å². The predicted molar refractivity (Wildman–Crippen MR) is 62.7 cm³/mol. The van der Waals surface area contributed by atoms with E-state index in [9.17, 15) is 4.79 Å². The van der Waals surface area contributed by atoms with E-state index >= 15 is 0 Å². The fraction of sp³-hybridized carbons (Fsp3) is 0.500. The summed E-state index contributed by atoms with van der Waals surface area (Å²) in [4.78, 5) is 18.0. The van der Waals surface area contributed by atoms with Gasteiger partial charge in [0.1, 0.15) is 0 Å². The first-order chi connectivity index (χ1) is 7.76. The lowest BCUT2D eigenvalue weighted by Gasteiger charge is -2.10. The Morgan fingerprint density at radius 2 is 2.31 bits per heavy atom. The second kappa shape index (κ2) is 6.82. The van der Waals surface area contributed by atoms with E-state index in [-0.39, 0.29) is 5.97 Å². The minimum atomic E-state index is -0.304. The molecule has 16 heavy (non-hydrogen) atoms. The zero-order valence-corrected chi connectivity index (χ0v) is 9.77. The van der Waals surface area contributed by atoms with Gasteiger partial charge in [-0.2, -0.15) is 0 Å². The summed E-state index contributed by atoms with van der Waals surface area (Å²) in [5.41, 5.74) is 0.791. The first kappa shape index (κ1) is 12.5. The molecule has 0 fully saturated rings. The van der Waals surface area contributed by atoms with E-state index in [0.29, 0.717) is 12.5 Å². The van der Waals surface area contributed by atoms with Crippen LogP contribution in [0, 0.1) is 5.92 Å². The molecular weight excluding hydrogens is 204 g/mol. The van der Waals surface area contributed by atoms with Crippen LogP contribution in [0.3, 0.4) is 0 Å². The molecule has 0 unspecified atom stereocenters. The van der Waals surface area contributed by atoms with E-state index in [1.807, 2.05) is 0 Å². The number of nitrogens with zero attached hydrogens (tertiary/aromatic N) is 1. The number of aromatic amines is 1. The highest BCUT2D eigenvalue weighted by atomic mass is 16.5. The number of imidazole rings is 1. The molecule has 0 spiro atoms. The van der Waals surface area contributed by atoms with Crippen molar-refractivity contribution in [2.75, 3.05) is 6.61 Å². The molecular formula is C12H18N2O2. The normalized spacial score (nSPS) is 11.2. The number of aromatic nitrogens is 2. The van der Waals surface area contributed by atoms with Gasteiger partial charge in [-0.25, -0.2) is 9.78 Å². The third kappa shape index (κ3) is 4.29. The van der Waals surface area contributed by atoms with Gasteiger partial charge < -0.3 is 9.72 Å². The Morgan fingerprint density at radius 1 is 1.56 bits per heavy atom. The molecule has 0 saturated heterocycles. The Labute approximate surface area is 95.7 Å². The number of rotatable bonds is 6. The van der Waals surface area contributed by atoms with Gasteiger partial charge in [-0.3, -0.25) is 0 Å². The highest BCUT2D eigenvalue weighted by Crippen LogP contribution is 2.07. The van der Waals surface area contributed by atoms with E-state index in [1.165, 1.54) is 6.08 Å². The molecule has 1 aromatic rings. The first-order valence-electron chi connectivity index (χ1n) is 5.59. The van der Waals surface area contributed by atoms with Crippen LogP contribution in [0.1, 0.15) is 32.4 Å². The fourth-order valence-corrected chi connectivity index (χ4v) is 1.29. The predicted octanol–water partition coefficient (Wildman–Crippen LogP) is 2.40. The maximum absolute atomic E-state index is 11.3. The van der Waals surface area contributed by atoms with Crippen LogP contribution >= 0.6 is 0 Å². The average molecular weight is 222 g/mol. The van der Waals surface area contributed by atoms with Crippen LogP contribution in [-0.2, 0) is 9.53 Å². The van der Waals surface area contributed by atoms with Crippen molar-refractivity contribution in [2.24, 2.45) is 5.92 Å². The zero-order valence-electron chi connectivity index (χ0n) is 9.77. The summed E-state index contributed by atoms with van der Waals surface area (Å²) < 4.78 is 5.12. The molecule has 88 valence electrons. The van der Waals surface area contributed by atoms with E-state index in [2.05, 4.69) is 23.8 Å². The molecule has 0 saturated carbocycles. The second-order valence-electron chi connectivity index (χ2n) is 3.65. The Hall–Kier alpha value is -1.58.